The number of ether oxygens (including phenoxy) is 2. The topological polar surface area (TPSA) is 62.8 Å². The van der Waals surface area contributed by atoms with Crippen LogP contribution < -0.4 is 10.6 Å². The molecule has 2 N–H and O–H groups in total. The molecule has 2 aliphatic heterocycles. The van der Waals surface area contributed by atoms with Gasteiger partial charge in [0.1, 0.15) is 5.60 Å². The summed E-state index contributed by atoms with van der Waals surface area (Å²) in [7, 11) is 1.63. The summed E-state index contributed by atoms with van der Waals surface area (Å²) >= 11 is 6.04. The maximum absolute atomic E-state index is 12.9. The predicted octanol–water partition coefficient (Wildman–Crippen LogP) is 2.44. The van der Waals surface area contributed by atoms with Gasteiger partial charge in [0.25, 0.3) is 5.91 Å². The number of carbonyl (C=O) groups excluding carboxylic acids is 1. The van der Waals surface area contributed by atoms with Crippen LogP contribution >= 0.6 is 36.4 Å². The first kappa shape index (κ1) is 25.4. The third kappa shape index (κ3) is 6.20. The number of nitrogens with one attached hydrogen (secondary N) is 2. The molecule has 2 heterocycles. The highest BCUT2D eigenvalue weighted by atomic mass is 35.5. The van der Waals surface area contributed by atoms with Crippen molar-refractivity contribution in [3.63, 3.8) is 0 Å². The SMILES string of the molecule is COC1(C(=O)NCC(c2ccc(Cl)cc2)N2CCOCC2)CCNCC1.Cl.Cl. The molecule has 6 nitrogen and oxygen atoms in total. The molecule has 1 aromatic rings. The summed E-state index contributed by atoms with van der Waals surface area (Å²) in [4.78, 5) is 15.3. The van der Waals surface area contributed by atoms with E-state index in [1.165, 1.54) is 0 Å². The second kappa shape index (κ2) is 12.2. The molecule has 0 aromatic heterocycles. The molecule has 0 radical (unpaired) electrons. The van der Waals surface area contributed by atoms with E-state index in [1.807, 2.05) is 24.3 Å². The van der Waals surface area contributed by atoms with E-state index >= 15 is 0 Å². The minimum atomic E-state index is -0.721. The van der Waals surface area contributed by atoms with Crippen LogP contribution in [-0.4, -0.2) is 69.5 Å². The van der Waals surface area contributed by atoms with Crippen LogP contribution in [0.1, 0.15) is 24.4 Å². The fourth-order valence-electron chi connectivity index (χ4n) is 3.74. The standard InChI is InChI=1S/C19H28ClN3O3.2ClH/c1-25-19(6-8-21-9-7-19)18(24)22-14-17(23-10-12-26-13-11-23)15-2-4-16(20)5-3-15;;/h2-5,17,21H,6-14H2,1H3,(H,22,24);2*1H. The number of benzene rings is 1. The molecular formula is C19H30Cl3N3O3. The lowest BCUT2D eigenvalue weighted by Gasteiger charge is -2.37. The number of hydrogen-bond acceptors (Lipinski definition) is 5. The lowest BCUT2D eigenvalue weighted by Crippen LogP contribution is -2.55. The van der Waals surface area contributed by atoms with Gasteiger partial charge in [-0.2, -0.15) is 0 Å². The van der Waals surface area contributed by atoms with Gasteiger partial charge in [0.05, 0.1) is 19.3 Å². The number of carbonyl (C=O) groups is 1. The zero-order valence-electron chi connectivity index (χ0n) is 16.1. The number of morpholine rings is 1. The van der Waals surface area contributed by atoms with Gasteiger partial charge in [-0.15, -0.1) is 24.8 Å². The van der Waals surface area contributed by atoms with Gasteiger partial charge in [-0.05, 0) is 43.6 Å². The Morgan fingerprint density at radius 1 is 1.25 bits per heavy atom. The van der Waals surface area contributed by atoms with Crippen molar-refractivity contribution in [1.29, 1.82) is 0 Å². The number of halogens is 3. The average molecular weight is 455 g/mol. The van der Waals surface area contributed by atoms with Crippen molar-refractivity contribution in [2.75, 3.05) is 53.0 Å². The zero-order chi connectivity index (χ0) is 18.4. The Balaban J connectivity index is 0.00000196. The largest absolute Gasteiger partial charge is 0.379 e. The van der Waals surface area contributed by atoms with Crippen LogP contribution in [0.3, 0.4) is 0 Å². The number of piperidine rings is 1. The van der Waals surface area contributed by atoms with E-state index in [2.05, 4.69) is 15.5 Å². The van der Waals surface area contributed by atoms with Crippen LogP contribution in [-0.2, 0) is 14.3 Å². The maximum Gasteiger partial charge on any atom is 0.252 e. The minimum Gasteiger partial charge on any atom is -0.379 e. The molecule has 0 bridgehead atoms. The molecule has 160 valence electrons. The van der Waals surface area contributed by atoms with Gasteiger partial charge in [0, 0.05) is 31.8 Å². The molecule has 9 heteroatoms. The lowest BCUT2D eigenvalue weighted by atomic mass is 9.91. The van der Waals surface area contributed by atoms with E-state index in [1.54, 1.807) is 7.11 Å². The Labute approximate surface area is 184 Å². The third-order valence-corrected chi connectivity index (χ3v) is 5.66. The van der Waals surface area contributed by atoms with Crippen LogP contribution in [0.15, 0.2) is 24.3 Å². The molecule has 2 aliphatic rings. The summed E-state index contributed by atoms with van der Waals surface area (Å²) in [6.45, 7) is 5.26. The van der Waals surface area contributed by atoms with Crippen LogP contribution in [0.2, 0.25) is 5.02 Å². The third-order valence-electron chi connectivity index (χ3n) is 5.41. The van der Waals surface area contributed by atoms with Gasteiger partial charge < -0.3 is 20.1 Å². The molecule has 3 rings (SSSR count). The predicted molar refractivity (Wildman–Crippen MR) is 116 cm³/mol. The Morgan fingerprint density at radius 2 is 1.86 bits per heavy atom. The normalized spacial score (nSPS) is 20.4. The van der Waals surface area contributed by atoms with E-state index in [4.69, 9.17) is 21.1 Å². The Bertz CT molecular complexity index is 592. The number of amides is 1. The lowest BCUT2D eigenvalue weighted by molar-refractivity contribution is -0.147. The summed E-state index contributed by atoms with van der Waals surface area (Å²) in [6.07, 6.45) is 1.39. The summed E-state index contributed by atoms with van der Waals surface area (Å²) in [5, 5.41) is 7.14. The quantitative estimate of drug-likeness (QED) is 0.691. The van der Waals surface area contributed by atoms with Crippen molar-refractivity contribution >= 4 is 42.3 Å². The van der Waals surface area contributed by atoms with Crippen LogP contribution in [0, 0.1) is 0 Å². The highest BCUT2D eigenvalue weighted by Gasteiger charge is 2.40. The first-order valence-electron chi connectivity index (χ1n) is 9.26. The summed E-state index contributed by atoms with van der Waals surface area (Å²) in [5.74, 6) is -0.0197. The van der Waals surface area contributed by atoms with Gasteiger partial charge in [0.2, 0.25) is 0 Å². The maximum atomic E-state index is 12.9. The van der Waals surface area contributed by atoms with Crippen LogP contribution in [0.4, 0.5) is 0 Å². The van der Waals surface area contributed by atoms with Crippen molar-refractivity contribution in [3.8, 4) is 0 Å². The summed E-state index contributed by atoms with van der Waals surface area (Å²) in [6, 6.07) is 7.96. The Kier molecular flexibility index (Phi) is 11.1. The Hall–Kier alpha value is -0.600. The molecule has 1 amide bonds. The van der Waals surface area contributed by atoms with Crippen molar-refractivity contribution in [2.45, 2.75) is 24.5 Å². The number of hydrogen-bond donors (Lipinski definition) is 2. The molecular weight excluding hydrogens is 425 g/mol. The fraction of sp³-hybridized carbons (Fsp3) is 0.632. The molecule has 1 aromatic carbocycles. The first-order chi connectivity index (χ1) is 12.6. The Morgan fingerprint density at radius 3 is 2.43 bits per heavy atom. The molecule has 1 atom stereocenters. The molecule has 2 saturated heterocycles. The molecule has 28 heavy (non-hydrogen) atoms. The van der Waals surface area contributed by atoms with Crippen molar-refractivity contribution < 1.29 is 14.3 Å². The molecule has 0 saturated carbocycles. The average Bonchev–Trinajstić information content (AvgIpc) is 2.70. The van der Waals surface area contributed by atoms with Crippen LogP contribution in [0.5, 0.6) is 0 Å². The van der Waals surface area contributed by atoms with E-state index in [9.17, 15) is 4.79 Å². The van der Waals surface area contributed by atoms with E-state index in [0.717, 1.165) is 31.7 Å². The number of rotatable bonds is 6. The van der Waals surface area contributed by atoms with E-state index in [-0.39, 0.29) is 36.8 Å². The van der Waals surface area contributed by atoms with Gasteiger partial charge in [0.15, 0.2) is 0 Å². The summed E-state index contributed by atoms with van der Waals surface area (Å²) in [5.41, 5.74) is 0.425. The molecule has 2 fully saturated rings. The second-order valence-electron chi connectivity index (χ2n) is 6.87. The smallest absolute Gasteiger partial charge is 0.252 e. The fourth-order valence-corrected chi connectivity index (χ4v) is 3.86. The zero-order valence-corrected chi connectivity index (χ0v) is 18.5. The van der Waals surface area contributed by atoms with Gasteiger partial charge in [-0.1, -0.05) is 23.7 Å². The minimum absolute atomic E-state index is 0. The second-order valence-corrected chi connectivity index (χ2v) is 7.31. The van der Waals surface area contributed by atoms with Gasteiger partial charge in [-0.25, -0.2) is 0 Å². The number of nitrogens with zero attached hydrogens (tertiary/aromatic N) is 1. The first-order valence-corrected chi connectivity index (χ1v) is 9.64. The summed E-state index contributed by atoms with van der Waals surface area (Å²) < 4.78 is 11.1. The molecule has 0 aliphatic carbocycles. The van der Waals surface area contributed by atoms with E-state index in [0.29, 0.717) is 37.6 Å². The monoisotopic (exact) mass is 453 g/mol. The van der Waals surface area contributed by atoms with Crippen molar-refractivity contribution in [3.05, 3.63) is 34.9 Å². The van der Waals surface area contributed by atoms with Crippen LogP contribution in [0.25, 0.3) is 0 Å². The van der Waals surface area contributed by atoms with Gasteiger partial charge >= 0.3 is 0 Å². The van der Waals surface area contributed by atoms with Crippen molar-refractivity contribution in [2.24, 2.45) is 0 Å². The molecule has 0 spiro atoms. The highest BCUT2D eigenvalue weighted by molar-refractivity contribution is 6.30. The van der Waals surface area contributed by atoms with Gasteiger partial charge in [-0.3, -0.25) is 9.69 Å². The number of methoxy groups -OCH3 is 1. The highest BCUT2D eigenvalue weighted by Crippen LogP contribution is 2.25. The van der Waals surface area contributed by atoms with Crippen molar-refractivity contribution in [1.82, 2.24) is 15.5 Å². The van der Waals surface area contributed by atoms with E-state index < -0.39 is 5.60 Å². The molecule has 1 unspecified atom stereocenters.